The van der Waals surface area contributed by atoms with E-state index in [2.05, 4.69) is 85.7 Å². The molecule has 0 heterocycles. The summed E-state index contributed by atoms with van der Waals surface area (Å²) in [5, 5.41) is 7.32. The van der Waals surface area contributed by atoms with Crippen LogP contribution < -0.4 is 4.74 Å². The van der Waals surface area contributed by atoms with Gasteiger partial charge in [0.05, 0.1) is 7.11 Å². The van der Waals surface area contributed by atoms with Gasteiger partial charge in [0.1, 0.15) is 13.8 Å². The molecule has 0 radical (unpaired) electrons. The minimum atomic E-state index is -1.47. The molecule has 0 spiro atoms. The van der Waals surface area contributed by atoms with Gasteiger partial charge < -0.3 is 4.74 Å². The van der Waals surface area contributed by atoms with Gasteiger partial charge >= 0.3 is 0 Å². The van der Waals surface area contributed by atoms with Gasteiger partial charge in [-0.25, -0.2) is 0 Å². The zero-order chi connectivity index (χ0) is 18.3. The first kappa shape index (κ1) is 16.7. The molecular weight excluding hydrogens is 332 g/mol. The first-order valence-electron chi connectivity index (χ1n) is 8.92. The lowest BCUT2D eigenvalue weighted by Crippen LogP contribution is -2.16. The first-order chi connectivity index (χ1) is 12.5. The number of ether oxygens (including phenoxy) is 1. The van der Waals surface area contributed by atoms with Crippen LogP contribution in [-0.2, 0) is 0 Å². The Morgan fingerprint density at radius 1 is 0.769 bits per heavy atom. The van der Waals surface area contributed by atoms with Gasteiger partial charge in [0.2, 0.25) is 0 Å². The SMILES string of the molecule is COc1cccc2c1ccc1c3ccccc3cc(C#C[Si](C)(C)C)c21. The van der Waals surface area contributed by atoms with E-state index in [1.165, 1.54) is 26.9 Å². The van der Waals surface area contributed by atoms with Crippen molar-refractivity contribution in [3.05, 3.63) is 66.2 Å². The molecule has 1 nitrogen and oxygen atoms in total. The van der Waals surface area contributed by atoms with E-state index in [1.807, 2.05) is 6.07 Å². The third-order valence-electron chi connectivity index (χ3n) is 4.63. The molecule has 0 aliphatic rings. The average molecular weight is 355 g/mol. The Kier molecular flexibility index (Phi) is 3.98. The molecule has 4 aromatic carbocycles. The predicted molar refractivity (Wildman–Crippen MR) is 116 cm³/mol. The van der Waals surface area contributed by atoms with Crippen LogP contribution in [0.5, 0.6) is 5.75 Å². The number of methoxy groups -OCH3 is 1. The fourth-order valence-electron chi connectivity index (χ4n) is 3.47. The van der Waals surface area contributed by atoms with Crippen LogP contribution >= 0.6 is 0 Å². The zero-order valence-electron chi connectivity index (χ0n) is 15.7. The molecule has 0 fully saturated rings. The van der Waals surface area contributed by atoms with Gasteiger partial charge in [-0.05, 0) is 39.7 Å². The summed E-state index contributed by atoms with van der Waals surface area (Å²) in [5.74, 6) is 4.42. The van der Waals surface area contributed by atoms with E-state index in [9.17, 15) is 0 Å². The molecule has 0 saturated heterocycles. The molecule has 26 heavy (non-hydrogen) atoms. The minimum absolute atomic E-state index is 0.904. The summed E-state index contributed by atoms with van der Waals surface area (Å²) in [5.41, 5.74) is 4.66. The third kappa shape index (κ3) is 2.85. The maximum atomic E-state index is 5.59. The van der Waals surface area contributed by atoms with E-state index in [0.717, 1.165) is 16.7 Å². The number of hydrogen-bond acceptors (Lipinski definition) is 1. The summed E-state index contributed by atoms with van der Waals surface area (Å²) in [4.78, 5) is 0. The highest BCUT2D eigenvalue weighted by atomic mass is 28.3. The van der Waals surface area contributed by atoms with Gasteiger partial charge in [-0.1, -0.05) is 68.0 Å². The molecule has 0 amide bonds. The summed E-state index contributed by atoms with van der Waals surface area (Å²) in [7, 11) is 0.262. The molecule has 128 valence electrons. The largest absolute Gasteiger partial charge is 0.496 e. The molecule has 0 atom stereocenters. The van der Waals surface area contributed by atoms with E-state index in [0.29, 0.717) is 0 Å². The molecule has 0 N–H and O–H groups in total. The molecule has 0 aliphatic carbocycles. The monoisotopic (exact) mass is 354 g/mol. The van der Waals surface area contributed by atoms with E-state index in [1.54, 1.807) is 7.11 Å². The molecular formula is C24H22OSi. The first-order valence-corrected chi connectivity index (χ1v) is 12.4. The molecule has 0 unspecified atom stereocenters. The normalized spacial score (nSPS) is 11.5. The highest BCUT2D eigenvalue weighted by molar-refractivity contribution is 6.83. The van der Waals surface area contributed by atoms with Crippen molar-refractivity contribution in [1.82, 2.24) is 0 Å². The third-order valence-corrected chi connectivity index (χ3v) is 5.51. The van der Waals surface area contributed by atoms with Crippen molar-refractivity contribution in [1.29, 1.82) is 0 Å². The van der Waals surface area contributed by atoms with E-state index >= 15 is 0 Å². The van der Waals surface area contributed by atoms with Gasteiger partial charge in [-0.2, -0.15) is 0 Å². The van der Waals surface area contributed by atoms with Crippen molar-refractivity contribution in [2.45, 2.75) is 19.6 Å². The number of fused-ring (bicyclic) bond motifs is 5. The van der Waals surface area contributed by atoms with Gasteiger partial charge in [-0.15, -0.1) is 5.54 Å². The van der Waals surface area contributed by atoms with Crippen LogP contribution in [0, 0.1) is 11.5 Å². The van der Waals surface area contributed by atoms with Crippen LogP contribution in [0.2, 0.25) is 19.6 Å². The Bertz CT molecular complexity index is 1200. The van der Waals surface area contributed by atoms with E-state index in [4.69, 9.17) is 4.74 Å². The van der Waals surface area contributed by atoms with Gasteiger partial charge in [0, 0.05) is 16.3 Å². The maximum Gasteiger partial charge on any atom is 0.129 e. The quantitative estimate of drug-likeness (QED) is 0.219. The molecule has 0 bridgehead atoms. The standard InChI is InChI=1S/C24H22OSi/c1-25-23-11-7-10-21-20(23)12-13-22-19-9-6-5-8-17(19)16-18(24(21)22)14-15-26(2,3)4/h5-13,16H,1-4H3. The zero-order valence-corrected chi connectivity index (χ0v) is 16.7. The average Bonchev–Trinajstić information content (AvgIpc) is 2.64. The topological polar surface area (TPSA) is 9.23 Å². The van der Waals surface area contributed by atoms with E-state index < -0.39 is 8.07 Å². The van der Waals surface area contributed by atoms with Crippen molar-refractivity contribution in [2.75, 3.05) is 7.11 Å². The molecule has 2 heteroatoms. The molecule has 0 aliphatic heterocycles. The van der Waals surface area contributed by atoms with Crippen LogP contribution in [0.25, 0.3) is 32.3 Å². The summed E-state index contributed by atoms with van der Waals surface area (Å²) >= 11 is 0. The van der Waals surface area contributed by atoms with Gasteiger partial charge in [-0.3, -0.25) is 0 Å². The van der Waals surface area contributed by atoms with Crippen molar-refractivity contribution in [2.24, 2.45) is 0 Å². The van der Waals surface area contributed by atoms with E-state index in [-0.39, 0.29) is 0 Å². The van der Waals surface area contributed by atoms with Crippen LogP contribution in [0.1, 0.15) is 5.56 Å². The fraction of sp³-hybridized carbons (Fsp3) is 0.167. The summed E-state index contributed by atoms with van der Waals surface area (Å²) in [6.45, 7) is 6.85. The van der Waals surface area contributed by atoms with Crippen molar-refractivity contribution in [3.63, 3.8) is 0 Å². The van der Waals surface area contributed by atoms with Crippen LogP contribution in [0.15, 0.2) is 60.7 Å². The van der Waals surface area contributed by atoms with Gasteiger partial charge in [0.25, 0.3) is 0 Å². The molecule has 0 aromatic heterocycles. The Morgan fingerprint density at radius 2 is 1.46 bits per heavy atom. The van der Waals surface area contributed by atoms with Crippen LogP contribution in [0.4, 0.5) is 0 Å². The second-order valence-electron chi connectivity index (χ2n) is 7.69. The Balaban J connectivity index is 2.21. The summed E-state index contributed by atoms with van der Waals surface area (Å²) in [6.07, 6.45) is 0. The minimum Gasteiger partial charge on any atom is -0.496 e. The second kappa shape index (κ2) is 6.19. The number of rotatable bonds is 1. The van der Waals surface area contributed by atoms with Crippen LogP contribution in [0.3, 0.4) is 0 Å². The van der Waals surface area contributed by atoms with Crippen LogP contribution in [-0.4, -0.2) is 15.2 Å². The Morgan fingerprint density at radius 3 is 2.23 bits per heavy atom. The fourth-order valence-corrected chi connectivity index (χ4v) is 3.98. The number of hydrogen-bond donors (Lipinski definition) is 0. The lowest BCUT2D eigenvalue weighted by molar-refractivity contribution is 0.420. The maximum absolute atomic E-state index is 5.59. The smallest absolute Gasteiger partial charge is 0.129 e. The van der Waals surface area contributed by atoms with Crippen molar-refractivity contribution < 1.29 is 4.74 Å². The predicted octanol–water partition coefficient (Wildman–Crippen LogP) is 6.38. The highest BCUT2D eigenvalue weighted by Crippen LogP contribution is 2.37. The van der Waals surface area contributed by atoms with Gasteiger partial charge in [0.15, 0.2) is 0 Å². The lowest BCUT2D eigenvalue weighted by Gasteiger charge is -2.13. The Hall–Kier alpha value is -2.76. The molecule has 4 rings (SSSR count). The molecule has 4 aromatic rings. The highest BCUT2D eigenvalue weighted by Gasteiger charge is 2.12. The number of benzene rings is 4. The Labute approximate surface area is 155 Å². The van der Waals surface area contributed by atoms with Crippen molar-refractivity contribution >= 4 is 40.4 Å². The van der Waals surface area contributed by atoms with Crippen molar-refractivity contribution in [3.8, 4) is 17.2 Å². The second-order valence-corrected chi connectivity index (χ2v) is 12.4. The summed E-state index contributed by atoms with van der Waals surface area (Å²) in [6, 6.07) is 21.4. The summed E-state index contributed by atoms with van der Waals surface area (Å²) < 4.78 is 5.59. The molecule has 0 saturated carbocycles. The lowest BCUT2D eigenvalue weighted by atomic mass is 9.93.